The summed E-state index contributed by atoms with van der Waals surface area (Å²) in [5.41, 5.74) is 6.80. The van der Waals surface area contributed by atoms with Gasteiger partial charge in [-0.3, -0.25) is 0 Å². The standard InChI is InChI=1S/C11H14N4O2/c1-7(16-2)6-9-14-11(17-15-9)10-8(12)4-3-5-13-10/h3-5,7H,6,12H2,1-2H3. The molecule has 2 rings (SSSR count). The molecular weight excluding hydrogens is 220 g/mol. The van der Waals surface area contributed by atoms with E-state index in [1.807, 2.05) is 6.92 Å². The molecule has 17 heavy (non-hydrogen) atoms. The molecule has 0 aromatic carbocycles. The molecule has 0 amide bonds. The van der Waals surface area contributed by atoms with Gasteiger partial charge in [0.05, 0.1) is 11.8 Å². The molecule has 0 saturated carbocycles. The molecule has 0 fully saturated rings. The second-order valence-electron chi connectivity index (χ2n) is 3.71. The maximum absolute atomic E-state index is 5.77. The Morgan fingerprint density at radius 1 is 1.53 bits per heavy atom. The molecule has 6 nitrogen and oxygen atoms in total. The molecule has 0 spiro atoms. The first kappa shape index (κ1) is 11.5. The molecule has 2 aromatic heterocycles. The van der Waals surface area contributed by atoms with Gasteiger partial charge in [0.25, 0.3) is 5.89 Å². The summed E-state index contributed by atoms with van der Waals surface area (Å²) >= 11 is 0. The van der Waals surface area contributed by atoms with E-state index in [4.69, 9.17) is 15.0 Å². The Kier molecular flexibility index (Phi) is 3.34. The van der Waals surface area contributed by atoms with E-state index in [1.165, 1.54) is 0 Å². The summed E-state index contributed by atoms with van der Waals surface area (Å²) in [4.78, 5) is 8.34. The van der Waals surface area contributed by atoms with Crippen molar-refractivity contribution in [1.82, 2.24) is 15.1 Å². The fourth-order valence-corrected chi connectivity index (χ4v) is 1.37. The fraction of sp³-hybridized carbons (Fsp3) is 0.364. The van der Waals surface area contributed by atoms with Crippen LogP contribution in [0, 0.1) is 0 Å². The first-order chi connectivity index (χ1) is 8.20. The van der Waals surface area contributed by atoms with Gasteiger partial charge in [0.1, 0.15) is 0 Å². The van der Waals surface area contributed by atoms with Gasteiger partial charge in [0, 0.05) is 19.7 Å². The van der Waals surface area contributed by atoms with Gasteiger partial charge in [-0.1, -0.05) is 5.16 Å². The summed E-state index contributed by atoms with van der Waals surface area (Å²) in [6, 6.07) is 3.49. The molecule has 0 bridgehead atoms. The van der Waals surface area contributed by atoms with Crippen LogP contribution in [0.5, 0.6) is 0 Å². The van der Waals surface area contributed by atoms with Crippen LogP contribution < -0.4 is 5.73 Å². The smallest absolute Gasteiger partial charge is 0.278 e. The Hall–Kier alpha value is -1.95. The lowest BCUT2D eigenvalue weighted by atomic mass is 10.2. The highest BCUT2D eigenvalue weighted by molar-refractivity contribution is 5.65. The van der Waals surface area contributed by atoms with Crippen LogP contribution in [0.4, 0.5) is 5.69 Å². The van der Waals surface area contributed by atoms with Gasteiger partial charge in [-0.2, -0.15) is 4.98 Å². The van der Waals surface area contributed by atoms with Gasteiger partial charge in [-0.05, 0) is 19.1 Å². The number of pyridine rings is 1. The molecule has 1 atom stereocenters. The number of anilines is 1. The fourth-order valence-electron chi connectivity index (χ4n) is 1.37. The second kappa shape index (κ2) is 4.92. The average molecular weight is 234 g/mol. The Morgan fingerprint density at radius 3 is 3.06 bits per heavy atom. The number of hydrogen-bond acceptors (Lipinski definition) is 6. The van der Waals surface area contributed by atoms with E-state index in [0.29, 0.717) is 29.5 Å². The van der Waals surface area contributed by atoms with Crippen LogP contribution in [0.15, 0.2) is 22.9 Å². The third-order valence-corrected chi connectivity index (χ3v) is 2.38. The van der Waals surface area contributed by atoms with E-state index in [2.05, 4.69) is 15.1 Å². The van der Waals surface area contributed by atoms with Crippen molar-refractivity contribution in [3.63, 3.8) is 0 Å². The number of nitrogen functional groups attached to an aromatic ring is 1. The Balaban J connectivity index is 2.21. The predicted octanol–water partition coefficient (Wildman–Crippen LogP) is 1.29. The van der Waals surface area contributed by atoms with Crippen molar-refractivity contribution in [3.8, 4) is 11.6 Å². The quantitative estimate of drug-likeness (QED) is 0.857. The first-order valence-corrected chi connectivity index (χ1v) is 5.27. The minimum absolute atomic E-state index is 0.0431. The number of aromatic nitrogens is 3. The third-order valence-electron chi connectivity index (χ3n) is 2.38. The van der Waals surface area contributed by atoms with Gasteiger partial charge < -0.3 is 15.0 Å². The summed E-state index contributed by atoms with van der Waals surface area (Å²) in [6.45, 7) is 1.94. The van der Waals surface area contributed by atoms with Gasteiger partial charge in [0.2, 0.25) is 0 Å². The third kappa shape index (κ3) is 2.59. The highest BCUT2D eigenvalue weighted by atomic mass is 16.5. The molecule has 0 aliphatic carbocycles. The maximum atomic E-state index is 5.77. The van der Waals surface area contributed by atoms with Crippen molar-refractivity contribution in [2.75, 3.05) is 12.8 Å². The monoisotopic (exact) mass is 234 g/mol. The Morgan fingerprint density at radius 2 is 2.35 bits per heavy atom. The molecule has 0 aliphatic rings. The molecule has 0 saturated heterocycles. The van der Waals surface area contributed by atoms with Crippen LogP contribution in [0.1, 0.15) is 12.7 Å². The number of nitrogens with zero attached hydrogens (tertiary/aromatic N) is 3. The van der Waals surface area contributed by atoms with Gasteiger partial charge >= 0.3 is 0 Å². The largest absolute Gasteiger partial charge is 0.397 e. The Labute approximate surface area is 98.8 Å². The van der Waals surface area contributed by atoms with Gasteiger partial charge in [-0.15, -0.1) is 0 Å². The van der Waals surface area contributed by atoms with Crippen molar-refractivity contribution in [2.45, 2.75) is 19.4 Å². The zero-order valence-electron chi connectivity index (χ0n) is 9.75. The van der Waals surface area contributed by atoms with Crippen LogP contribution in [0.3, 0.4) is 0 Å². The van der Waals surface area contributed by atoms with E-state index in [9.17, 15) is 0 Å². The first-order valence-electron chi connectivity index (χ1n) is 5.27. The summed E-state index contributed by atoms with van der Waals surface area (Å²) in [7, 11) is 1.64. The molecule has 90 valence electrons. The lowest BCUT2D eigenvalue weighted by Gasteiger charge is -2.03. The van der Waals surface area contributed by atoms with Crippen molar-refractivity contribution in [1.29, 1.82) is 0 Å². The number of ether oxygens (including phenoxy) is 1. The molecule has 2 N–H and O–H groups in total. The van der Waals surface area contributed by atoms with Crippen LogP contribution in [-0.2, 0) is 11.2 Å². The number of hydrogen-bond donors (Lipinski definition) is 1. The zero-order chi connectivity index (χ0) is 12.3. The van der Waals surface area contributed by atoms with Crippen molar-refractivity contribution < 1.29 is 9.26 Å². The van der Waals surface area contributed by atoms with E-state index in [1.54, 1.807) is 25.4 Å². The van der Waals surface area contributed by atoms with E-state index >= 15 is 0 Å². The van der Waals surface area contributed by atoms with E-state index in [-0.39, 0.29) is 6.10 Å². The van der Waals surface area contributed by atoms with Crippen LogP contribution >= 0.6 is 0 Å². The summed E-state index contributed by atoms with van der Waals surface area (Å²) < 4.78 is 10.2. The highest BCUT2D eigenvalue weighted by Crippen LogP contribution is 2.20. The minimum Gasteiger partial charge on any atom is -0.397 e. The average Bonchev–Trinajstić information content (AvgIpc) is 2.78. The molecular formula is C11H14N4O2. The molecule has 2 aromatic rings. The number of nitrogens with two attached hydrogens (primary N) is 1. The van der Waals surface area contributed by atoms with Crippen molar-refractivity contribution in [2.24, 2.45) is 0 Å². The highest BCUT2D eigenvalue weighted by Gasteiger charge is 2.14. The van der Waals surface area contributed by atoms with E-state index in [0.717, 1.165) is 0 Å². The van der Waals surface area contributed by atoms with Crippen molar-refractivity contribution in [3.05, 3.63) is 24.2 Å². The minimum atomic E-state index is 0.0431. The lowest BCUT2D eigenvalue weighted by Crippen LogP contribution is -2.09. The topological polar surface area (TPSA) is 87.1 Å². The van der Waals surface area contributed by atoms with Crippen molar-refractivity contribution >= 4 is 5.69 Å². The van der Waals surface area contributed by atoms with Crippen LogP contribution in [0.25, 0.3) is 11.6 Å². The van der Waals surface area contributed by atoms with E-state index < -0.39 is 0 Å². The van der Waals surface area contributed by atoms with Crippen LogP contribution in [0.2, 0.25) is 0 Å². The molecule has 1 unspecified atom stereocenters. The maximum Gasteiger partial charge on any atom is 0.278 e. The summed E-state index contributed by atoms with van der Waals surface area (Å²) in [5.74, 6) is 0.917. The summed E-state index contributed by atoms with van der Waals surface area (Å²) in [6.07, 6.45) is 2.27. The normalized spacial score (nSPS) is 12.6. The zero-order valence-corrected chi connectivity index (χ0v) is 9.75. The van der Waals surface area contributed by atoms with Gasteiger partial charge in [-0.25, -0.2) is 4.98 Å². The SMILES string of the molecule is COC(C)Cc1noc(-c2ncccc2N)n1. The molecule has 2 heterocycles. The Bertz CT molecular complexity index is 498. The lowest BCUT2D eigenvalue weighted by molar-refractivity contribution is 0.116. The summed E-state index contributed by atoms with van der Waals surface area (Å²) in [5, 5.41) is 3.86. The van der Waals surface area contributed by atoms with Crippen LogP contribution in [-0.4, -0.2) is 28.3 Å². The van der Waals surface area contributed by atoms with Gasteiger partial charge in [0.15, 0.2) is 11.5 Å². The molecule has 6 heteroatoms. The number of rotatable bonds is 4. The molecule has 0 radical (unpaired) electrons. The predicted molar refractivity (Wildman–Crippen MR) is 62.1 cm³/mol. The number of methoxy groups -OCH3 is 1. The molecule has 0 aliphatic heterocycles. The second-order valence-corrected chi connectivity index (χ2v) is 3.71.